The van der Waals surface area contributed by atoms with E-state index in [1.807, 2.05) is 13.1 Å². The molecule has 0 radical (unpaired) electrons. The third kappa shape index (κ3) is 3.27. The number of hydrogen-bond acceptors (Lipinski definition) is 3. The standard InChI is InChI=1S/C14H22N4O.HI/c1-15-13(16-10-12-4-9-19-17-12)18-8-7-14(11-18)5-2-3-6-14;/h4,9H,2-3,5-8,10-11H2,1H3,(H,15,16);1H. The molecule has 0 atom stereocenters. The van der Waals surface area contributed by atoms with E-state index in [4.69, 9.17) is 4.52 Å². The maximum Gasteiger partial charge on any atom is 0.193 e. The smallest absolute Gasteiger partial charge is 0.193 e. The summed E-state index contributed by atoms with van der Waals surface area (Å²) in [5.74, 6) is 0.992. The van der Waals surface area contributed by atoms with Gasteiger partial charge >= 0.3 is 0 Å². The van der Waals surface area contributed by atoms with Crippen molar-refractivity contribution in [1.82, 2.24) is 15.4 Å². The third-order valence-electron chi connectivity index (χ3n) is 4.53. The Morgan fingerprint density at radius 2 is 2.25 bits per heavy atom. The molecule has 0 unspecified atom stereocenters. The molecule has 0 bridgehead atoms. The fraction of sp³-hybridized carbons (Fsp3) is 0.714. The lowest BCUT2D eigenvalue weighted by molar-refractivity contribution is 0.309. The second-order valence-electron chi connectivity index (χ2n) is 5.77. The lowest BCUT2D eigenvalue weighted by atomic mass is 9.86. The zero-order valence-electron chi connectivity index (χ0n) is 12.0. The fourth-order valence-corrected chi connectivity index (χ4v) is 3.48. The van der Waals surface area contributed by atoms with Crippen molar-refractivity contribution in [3.8, 4) is 0 Å². The van der Waals surface area contributed by atoms with Gasteiger partial charge in [0.1, 0.15) is 12.0 Å². The highest BCUT2D eigenvalue weighted by atomic mass is 127. The molecule has 5 nitrogen and oxygen atoms in total. The fourth-order valence-electron chi connectivity index (χ4n) is 3.48. The molecule has 2 fully saturated rings. The van der Waals surface area contributed by atoms with Crippen LogP contribution >= 0.6 is 24.0 Å². The molecule has 1 spiro atoms. The first-order valence-corrected chi connectivity index (χ1v) is 7.16. The molecule has 112 valence electrons. The summed E-state index contributed by atoms with van der Waals surface area (Å²) in [5, 5.41) is 7.28. The van der Waals surface area contributed by atoms with E-state index in [2.05, 4.69) is 20.4 Å². The van der Waals surface area contributed by atoms with Gasteiger partial charge in [0.05, 0.1) is 6.54 Å². The van der Waals surface area contributed by atoms with Gasteiger partial charge < -0.3 is 14.7 Å². The number of aliphatic imine (C=N–C) groups is 1. The molecule has 1 aliphatic heterocycles. The van der Waals surface area contributed by atoms with E-state index in [0.29, 0.717) is 12.0 Å². The van der Waals surface area contributed by atoms with E-state index in [1.165, 1.54) is 32.1 Å². The SMILES string of the molecule is CN=C(NCc1ccon1)N1CCC2(CCCC2)C1.I. The third-order valence-corrected chi connectivity index (χ3v) is 4.53. The highest BCUT2D eigenvalue weighted by Gasteiger charge is 2.40. The lowest BCUT2D eigenvalue weighted by Crippen LogP contribution is -2.40. The summed E-state index contributed by atoms with van der Waals surface area (Å²) in [6.45, 7) is 2.96. The average molecular weight is 390 g/mol. The molecule has 20 heavy (non-hydrogen) atoms. The summed E-state index contributed by atoms with van der Waals surface area (Å²) in [6, 6.07) is 1.88. The van der Waals surface area contributed by atoms with E-state index in [9.17, 15) is 0 Å². The molecule has 0 amide bonds. The summed E-state index contributed by atoms with van der Waals surface area (Å²) in [6.07, 6.45) is 8.51. The number of aromatic nitrogens is 1. The first-order chi connectivity index (χ1) is 9.31. The van der Waals surface area contributed by atoms with Crippen molar-refractivity contribution < 1.29 is 4.52 Å². The quantitative estimate of drug-likeness (QED) is 0.479. The zero-order valence-corrected chi connectivity index (χ0v) is 14.3. The monoisotopic (exact) mass is 390 g/mol. The number of likely N-dealkylation sites (tertiary alicyclic amines) is 1. The zero-order chi connectivity index (χ0) is 13.1. The van der Waals surface area contributed by atoms with Crippen LogP contribution in [-0.4, -0.2) is 36.2 Å². The molecule has 1 saturated heterocycles. The summed E-state index contributed by atoms with van der Waals surface area (Å²) in [5.41, 5.74) is 1.49. The molecule has 6 heteroatoms. The van der Waals surface area contributed by atoms with E-state index in [-0.39, 0.29) is 24.0 Å². The van der Waals surface area contributed by atoms with Crippen molar-refractivity contribution in [2.45, 2.75) is 38.6 Å². The van der Waals surface area contributed by atoms with Gasteiger partial charge in [0.15, 0.2) is 5.96 Å². The summed E-state index contributed by atoms with van der Waals surface area (Å²) in [4.78, 5) is 6.79. The first-order valence-electron chi connectivity index (χ1n) is 7.16. The number of halogens is 1. The van der Waals surface area contributed by atoms with Crippen LogP contribution < -0.4 is 5.32 Å². The number of hydrogen-bond donors (Lipinski definition) is 1. The van der Waals surface area contributed by atoms with E-state index < -0.39 is 0 Å². The predicted molar refractivity (Wildman–Crippen MR) is 89.2 cm³/mol. The Balaban J connectivity index is 0.00000147. The molecular formula is C14H23IN4O. The minimum atomic E-state index is 0. The molecule has 1 aromatic heterocycles. The molecular weight excluding hydrogens is 367 g/mol. The van der Waals surface area contributed by atoms with Gasteiger partial charge in [-0.15, -0.1) is 24.0 Å². The Morgan fingerprint density at radius 1 is 1.45 bits per heavy atom. The van der Waals surface area contributed by atoms with Gasteiger partial charge in [0.25, 0.3) is 0 Å². The maximum atomic E-state index is 4.84. The van der Waals surface area contributed by atoms with Gasteiger partial charge in [0.2, 0.25) is 0 Å². The Morgan fingerprint density at radius 3 is 2.90 bits per heavy atom. The minimum absolute atomic E-state index is 0. The van der Waals surface area contributed by atoms with E-state index in [1.54, 1.807) is 6.26 Å². The molecule has 2 aliphatic rings. The predicted octanol–water partition coefficient (Wildman–Crippen LogP) is 2.63. The van der Waals surface area contributed by atoms with Gasteiger partial charge in [-0.1, -0.05) is 18.0 Å². The Bertz CT molecular complexity index is 440. The van der Waals surface area contributed by atoms with Crippen LogP contribution in [0.15, 0.2) is 21.8 Å². The molecule has 1 saturated carbocycles. The summed E-state index contributed by atoms with van der Waals surface area (Å²) in [7, 11) is 1.85. The summed E-state index contributed by atoms with van der Waals surface area (Å²) >= 11 is 0. The van der Waals surface area contributed by atoms with Crippen LogP contribution in [0, 0.1) is 5.41 Å². The lowest BCUT2D eigenvalue weighted by Gasteiger charge is -2.25. The highest BCUT2D eigenvalue weighted by Crippen LogP contribution is 2.45. The number of nitrogens with one attached hydrogen (secondary N) is 1. The number of guanidine groups is 1. The van der Waals surface area contributed by atoms with Crippen LogP contribution in [0.3, 0.4) is 0 Å². The molecule has 1 aliphatic carbocycles. The van der Waals surface area contributed by atoms with Gasteiger partial charge in [-0.05, 0) is 24.7 Å². The normalized spacial score (nSPS) is 21.2. The van der Waals surface area contributed by atoms with Crippen molar-refractivity contribution in [3.63, 3.8) is 0 Å². The van der Waals surface area contributed by atoms with Crippen molar-refractivity contribution in [3.05, 3.63) is 18.0 Å². The van der Waals surface area contributed by atoms with Crippen molar-refractivity contribution in [2.24, 2.45) is 10.4 Å². The van der Waals surface area contributed by atoms with Crippen molar-refractivity contribution in [1.29, 1.82) is 0 Å². The second kappa shape index (κ2) is 6.78. The number of nitrogens with zero attached hydrogens (tertiary/aromatic N) is 3. The van der Waals surface area contributed by atoms with Crippen molar-refractivity contribution in [2.75, 3.05) is 20.1 Å². The van der Waals surface area contributed by atoms with Crippen LogP contribution in [0.5, 0.6) is 0 Å². The van der Waals surface area contributed by atoms with E-state index in [0.717, 1.165) is 24.7 Å². The van der Waals surface area contributed by atoms with Gasteiger partial charge in [0, 0.05) is 26.2 Å². The molecule has 3 rings (SSSR count). The highest BCUT2D eigenvalue weighted by molar-refractivity contribution is 14.0. The van der Waals surface area contributed by atoms with Crippen molar-refractivity contribution >= 4 is 29.9 Å². The van der Waals surface area contributed by atoms with Crippen LogP contribution in [0.4, 0.5) is 0 Å². The van der Waals surface area contributed by atoms with Crippen LogP contribution in [0.1, 0.15) is 37.8 Å². The van der Waals surface area contributed by atoms with Gasteiger partial charge in [-0.2, -0.15) is 0 Å². The Labute approximate surface area is 137 Å². The second-order valence-corrected chi connectivity index (χ2v) is 5.77. The van der Waals surface area contributed by atoms with Crippen LogP contribution in [0.2, 0.25) is 0 Å². The first kappa shape index (κ1) is 15.6. The molecule has 0 aromatic carbocycles. The number of rotatable bonds is 2. The summed E-state index contributed by atoms with van der Waals surface area (Å²) < 4.78 is 4.84. The largest absolute Gasteiger partial charge is 0.364 e. The van der Waals surface area contributed by atoms with Gasteiger partial charge in [-0.3, -0.25) is 4.99 Å². The Kier molecular flexibility index (Phi) is 5.29. The maximum absolute atomic E-state index is 4.84. The topological polar surface area (TPSA) is 53.7 Å². The van der Waals surface area contributed by atoms with Crippen LogP contribution in [0.25, 0.3) is 0 Å². The minimum Gasteiger partial charge on any atom is -0.364 e. The molecule has 1 N–H and O–H groups in total. The van der Waals surface area contributed by atoms with E-state index >= 15 is 0 Å². The molecule has 1 aromatic rings. The van der Waals surface area contributed by atoms with Gasteiger partial charge in [-0.25, -0.2) is 0 Å². The average Bonchev–Trinajstić information content (AvgIpc) is 3.15. The Hall–Kier alpha value is -0.790. The molecule has 2 heterocycles. The van der Waals surface area contributed by atoms with Crippen LogP contribution in [-0.2, 0) is 6.54 Å².